The van der Waals surface area contributed by atoms with E-state index in [2.05, 4.69) is 6.08 Å². The molecule has 1 aromatic rings. The minimum Gasteiger partial charge on any atom is -0.497 e. The fourth-order valence-electron chi connectivity index (χ4n) is 3.71. The van der Waals surface area contributed by atoms with E-state index in [-0.39, 0.29) is 24.5 Å². The summed E-state index contributed by atoms with van der Waals surface area (Å²) in [4.78, 5) is 37.3. The van der Waals surface area contributed by atoms with Crippen molar-refractivity contribution in [3.05, 3.63) is 59.4 Å². The number of nitrogens with zero attached hydrogens (tertiary/aromatic N) is 1. The molecule has 1 amide bonds. The number of benzene rings is 1. The van der Waals surface area contributed by atoms with Gasteiger partial charge in [-0.1, -0.05) is 30.7 Å². The highest BCUT2D eigenvalue weighted by Gasteiger charge is 2.24. The predicted molar refractivity (Wildman–Crippen MR) is 136 cm³/mol. The second kappa shape index (κ2) is 14.8. The van der Waals surface area contributed by atoms with Crippen molar-refractivity contribution in [1.82, 2.24) is 4.90 Å². The molecule has 7 heteroatoms. The molecule has 1 aromatic carbocycles. The van der Waals surface area contributed by atoms with Gasteiger partial charge in [-0.2, -0.15) is 0 Å². The van der Waals surface area contributed by atoms with Crippen molar-refractivity contribution in [1.29, 1.82) is 0 Å². The Hall–Kier alpha value is -3.35. The molecule has 35 heavy (non-hydrogen) atoms. The van der Waals surface area contributed by atoms with Gasteiger partial charge in [0.15, 0.2) is 5.78 Å². The number of ketones is 1. The summed E-state index contributed by atoms with van der Waals surface area (Å²) in [5.41, 5.74) is 1.59. The van der Waals surface area contributed by atoms with Crippen molar-refractivity contribution < 1.29 is 29.0 Å². The molecule has 0 spiro atoms. The smallest absolute Gasteiger partial charge is 0.306 e. The zero-order valence-corrected chi connectivity index (χ0v) is 21.0. The number of unbranched alkanes of at least 4 members (excludes halogenated alkanes) is 2. The maximum atomic E-state index is 12.4. The fraction of sp³-hybridized carbons (Fsp3) is 0.464. The van der Waals surface area contributed by atoms with Gasteiger partial charge < -0.3 is 19.5 Å². The van der Waals surface area contributed by atoms with Crippen molar-refractivity contribution in [2.45, 2.75) is 51.4 Å². The van der Waals surface area contributed by atoms with Crippen LogP contribution in [0.1, 0.15) is 56.9 Å². The van der Waals surface area contributed by atoms with Gasteiger partial charge in [0.1, 0.15) is 11.5 Å². The molecule has 2 rings (SSSR count). The van der Waals surface area contributed by atoms with Crippen LogP contribution in [-0.2, 0) is 19.1 Å². The molecule has 1 aliphatic carbocycles. The molecule has 0 radical (unpaired) electrons. The maximum Gasteiger partial charge on any atom is 0.306 e. The number of carbonyl (C=O) groups excluding carboxylic acids is 2. The summed E-state index contributed by atoms with van der Waals surface area (Å²) in [6.07, 6.45) is 11.9. The zero-order chi connectivity index (χ0) is 25.6. The summed E-state index contributed by atoms with van der Waals surface area (Å²) in [6, 6.07) is 7.80. The topological polar surface area (TPSA) is 93.1 Å². The van der Waals surface area contributed by atoms with Crippen LogP contribution in [0.2, 0.25) is 0 Å². The van der Waals surface area contributed by atoms with Gasteiger partial charge in [0.05, 0.1) is 19.6 Å². The first-order chi connectivity index (χ1) is 16.8. The lowest BCUT2D eigenvalue weighted by molar-refractivity contribution is -0.142. The number of carbonyl (C=O) groups is 3. The molecule has 0 saturated heterocycles. The van der Waals surface area contributed by atoms with Crippen molar-refractivity contribution >= 4 is 23.7 Å². The number of carboxylic acids is 1. The Morgan fingerprint density at radius 2 is 1.89 bits per heavy atom. The second-order valence-electron chi connectivity index (χ2n) is 8.84. The molecule has 1 aliphatic rings. The lowest BCUT2D eigenvalue weighted by atomic mass is 9.89. The quantitative estimate of drug-likeness (QED) is 0.352. The second-order valence-corrected chi connectivity index (χ2v) is 8.84. The molecule has 0 heterocycles. The van der Waals surface area contributed by atoms with E-state index in [1.807, 2.05) is 30.3 Å². The van der Waals surface area contributed by atoms with Crippen LogP contribution >= 0.6 is 0 Å². The first kappa shape index (κ1) is 27.9. The molecule has 190 valence electrons. The summed E-state index contributed by atoms with van der Waals surface area (Å²) in [7, 11) is 5.06. The summed E-state index contributed by atoms with van der Waals surface area (Å²) in [6.45, 7) is 0.371. The van der Waals surface area contributed by atoms with Crippen LogP contribution in [0.5, 0.6) is 5.75 Å². The number of allylic oxidation sites excluding steroid dienone is 4. The highest BCUT2D eigenvalue weighted by molar-refractivity contribution is 5.98. The van der Waals surface area contributed by atoms with Crippen LogP contribution in [0.15, 0.2) is 53.8 Å². The van der Waals surface area contributed by atoms with Crippen LogP contribution < -0.4 is 4.74 Å². The zero-order valence-electron chi connectivity index (χ0n) is 21.0. The van der Waals surface area contributed by atoms with Gasteiger partial charge in [-0.05, 0) is 67.5 Å². The van der Waals surface area contributed by atoms with Gasteiger partial charge in [-0.15, -0.1) is 0 Å². The van der Waals surface area contributed by atoms with Crippen LogP contribution in [0.25, 0.3) is 6.08 Å². The van der Waals surface area contributed by atoms with Gasteiger partial charge in [0, 0.05) is 26.9 Å². The Labute approximate surface area is 208 Å². The standard InChI is InChI=1S/C28H37NO6/c1-29(2)27(31)11-8-18-35-25-16-17-26(30)23(20-25)19-22(28(32)33)10-7-5-4-6-9-21-12-14-24(34-3)15-13-21/h6,9,12-16,20,22H,4-5,7-8,10-11,17-19H2,1-3H3,(H,32,33)/b9-6+. The molecule has 0 bridgehead atoms. The van der Waals surface area contributed by atoms with Crippen molar-refractivity contribution in [3.8, 4) is 5.75 Å². The molecule has 1 N–H and O–H groups in total. The summed E-state index contributed by atoms with van der Waals surface area (Å²) >= 11 is 0. The molecule has 0 aromatic heterocycles. The molecular formula is C28H37NO6. The van der Waals surface area contributed by atoms with E-state index in [1.165, 1.54) is 0 Å². The molecule has 1 atom stereocenters. The highest BCUT2D eigenvalue weighted by atomic mass is 16.5. The summed E-state index contributed by atoms with van der Waals surface area (Å²) in [5.74, 6) is -0.115. The van der Waals surface area contributed by atoms with E-state index < -0.39 is 11.9 Å². The molecule has 0 saturated carbocycles. The first-order valence-electron chi connectivity index (χ1n) is 12.1. The number of amides is 1. The Bertz CT molecular complexity index is 943. The van der Waals surface area contributed by atoms with Crippen LogP contribution in [-0.4, -0.2) is 55.5 Å². The van der Waals surface area contributed by atoms with Crippen LogP contribution in [0.3, 0.4) is 0 Å². The first-order valence-corrected chi connectivity index (χ1v) is 12.1. The number of aliphatic carboxylic acids is 1. The van der Waals surface area contributed by atoms with Crippen LogP contribution in [0, 0.1) is 5.92 Å². The van der Waals surface area contributed by atoms with Crippen molar-refractivity contribution in [3.63, 3.8) is 0 Å². The summed E-state index contributed by atoms with van der Waals surface area (Å²) < 4.78 is 10.9. The Morgan fingerprint density at radius 1 is 1.14 bits per heavy atom. The molecule has 7 nitrogen and oxygen atoms in total. The minimum atomic E-state index is -0.883. The number of methoxy groups -OCH3 is 1. The van der Waals surface area contributed by atoms with Gasteiger partial charge in [-0.3, -0.25) is 14.4 Å². The number of ether oxygens (including phenoxy) is 2. The van der Waals surface area contributed by atoms with Crippen molar-refractivity contribution in [2.24, 2.45) is 5.92 Å². The monoisotopic (exact) mass is 483 g/mol. The number of hydrogen-bond donors (Lipinski definition) is 1. The van der Waals surface area contributed by atoms with Gasteiger partial charge >= 0.3 is 5.97 Å². The van der Waals surface area contributed by atoms with Gasteiger partial charge in [0.25, 0.3) is 0 Å². The number of hydrogen-bond acceptors (Lipinski definition) is 5. The minimum absolute atomic E-state index is 0.0400. The van der Waals surface area contributed by atoms with E-state index in [0.29, 0.717) is 37.2 Å². The third-order valence-corrected chi connectivity index (χ3v) is 5.88. The fourth-order valence-corrected chi connectivity index (χ4v) is 3.71. The lowest BCUT2D eigenvalue weighted by Gasteiger charge is -2.18. The third kappa shape index (κ3) is 10.2. The Kier molecular flexibility index (Phi) is 11.8. The maximum absolute atomic E-state index is 12.4. The average Bonchev–Trinajstić information content (AvgIpc) is 2.84. The number of rotatable bonds is 15. The Morgan fingerprint density at radius 3 is 2.54 bits per heavy atom. The normalized spacial score (nSPS) is 14.3. The predicted octanol–water partition coefficient (Wildman–Crippen LogP) is 5.03. The van der Waals surface area contributed by atoms with E-state index >= 15 is 0 Å². The average molecular weight is 484 g/mol. The van der Waals surface area contributed by atoms with E-state index in [1.54, 1.807) is 38.3 Å². The molecular weight excluding hydrogens is 446 g/mol. The van der Waals surface area contributed by atoms with Crippen molar-refractivity contribution in [2.75, 3.05) is 27.8 Å². The van der Waals surface area contributed by atoms with E-state index in [0.717, 1.165) is 30.6 Å². The van der Waals surface area contributed by atoms with E-state index in [4.69, 9.17) is 9.47 Å². The summed E-state index contributed by atoms with van der Waals surface area (Å²) in [5, 5.41) is 9.68. The molecule has 0 aliphatic heterocycles. The van der Waals surface area contributed by atoms with Crippen LogP contribution in [0.4, 0.5) is 0 Å². The third-order valence-electron chi connectivity index (χ3n) is 5.88. The van der Waals surface area contributed by atoms with Gasteiger partial charge in [0.2, 0.25) is 5.91 Å². The SMILES string of the molecule is COc1ccc(/C=C/CCCCC(CC2=CC(OCCCC(=O)N(C)C)=CCC2=O)C(=O)O)cc1. The lowest BCUT2D eigenvalue weighted by Crippen LogP contribution is -2.21. The van der Waals surface area contributed by atoms with E-state index in [9.17, 15) is 19.5 Å². The molecule has 0 fully saturated rings. The highest BCUT2D eigenvalue weighted by Crippen LogP contribution is 2.25. The van der Waals surface area contributed by atoms with Gasteiger partial charge in [-0.25, -0.2) is 0 Å². The molecule has 1 unspecified atom stereocenters. The Balaban J connectivity index is 1.77. The largest absolute Gasteiger partial charge is 0.497 e. The number of carboxylic acid groups (broad SMARTS) is 1. The number of Topliss-reactive ketones (excluding diaryl/α,β-unsaturated/α-hetero) is 1.